The van der Waals surface area contributed by atoms with E-state index < -0.39 is 26.8 Å². The lowest BCUT2D eigenvalue weighted by atomic mass is 10.1. The van der Waals surface area contributed by atoms with Crippen LogP contribution in [0, 0.1) is 6.92 Å². The molecule has 2 unspecified atom stereocenters. The monoisotopic (exact) mass is 386 g/mol. The number of carbonyl (C=O) groups excluding carboxylic acids is 1. The molecule has 0 aromatic carbocycles. The third-order valence-corrected chi connectivity index (χ3v) is 6.73. The number of aryl methyl sites for hydroxylation is 2. The Hall–Kier alpha value is -1.71. The fraction of sp³-hybridized carbons (Fsp3) is 0.647. The van der Waals surface area contributed by atoms with Gasteiger partial charge in [-0.25, -0.2) is 18.7 Å². The van der Waals surface area contributed by atoms with Crippen LogP contribution in [0.5, 0.6) is 0 Å². The largest absolute Gasteiger partial charge is 0.350 e. The third-order valence-electron chi connectivity index (χ3n) is 4.70. The number of hydroxylamine groups is 1. The number of carbonyl (C=O) groups is 1. The molecular formula is C17H26N2O6S. The van der Waals surface area contributed by atoms with Gasteiger partial charge in [-0.15, -0.1) is 0 Å². The van der Waals surface area contributed by atoms with Gasteiger partial charge >= 0.3 is 0 Å². The van der Waals surface area contributed by atoms with Crippen LogP contribution in [-0.4, -0.2) is 42.8 Å². The molecule has 1 saturated heterocycles. The van der Waals surface area contributed by atoms with E-state index in [0.717, 1.165) is 24.7 Å². The molecule has 0 spiro atoms. The Bertz CT molecular complexity index is 798. The fourth-order valence-electron chi connectivity index (χ4n) is 2.62. The molecule has 1 amide bonds. The Kier molecular flexibility index (Phi) is 6.59. The number of pyridine rings is 1. The number of hydrogen-bond donors (Lipinski definition) is 1. The maximum absolute atomic E-state index is 12.6. The first-order valence-corrected chi connectivity index (χ1v) is 10.5. The van der Waals surface area contributed by atoms with Crippen LogP contribution in [-0.2, 0) is 30.8 Å². The summed E-state index contributed by atoms with van der Waals surface area (Å²) >= 11 is 0. The highest BCUT2D eigenvalue weighted by Crippen LogP contribution is 2.23. The summed E-state index contributed by atoms with van der Waals surface area (Å²) in [7, 11) is -3.76. The van der Waals surface area contributed by atoms with Gasteiger partial charge in [0.15, 0.2) is 20.9 Å². The van der Waals surface area contributed by atoms with Crippen molar-refractivity contribution in [1.29, 1.82) is 0 Å². The summed E-state index contributed by atoms with van der Waals surface area (Å²) in [6.07, 6.45) is 4.44. The molecule has 1 aromatic heterocycles. The molecule has 0 bridgehead atoms. The van der Waals surface area contributed by atoms with Crippen LogP contribution in [0.4, 0.5) is 0 Å². The Morgan fingerprint density at radius 1 is 1.46 bits per heavy atom. The molecular weight excluding hydrogens is 360 g/mol. The Balaban J connectivity index is 2.08. The summed E-state index contributed by atoms with van der Waals surface area (Å²) in [6.45, 7) is 3.77. The zero-order valence-corrected chi connectivity index (χ0v) is 16.2. The summed E-state index contributed by atoms with van der Waals surface area (Å²) in [6, 6.07) is 3.21. The molecule has 0 aliphatic carbocycles. The predicted octanol–water partition coefficient (Wildman–Crippen LogP) is 0.925. The minimum atomic E-state index is -3.76. The smallest absolute Gasteiger partial charge is 0.264 e. The van der Waals surface area contributed by atoms with Gasteiger partial charge in [-0.05, 0) is 44.7 Å². The SMILES string of the molecule is Cc1ccn(CCC(C)(C(=O)NOC2CCCCO2)S(C)(=O)=O)c(=O)c1. The van der Waals surface area contributed by atoms with E-state index >= 15 is 0 Å². The molecule has 0 saturated carbocycles. The van der Waals surface area contributed by atoms with Crippen LogP contribution in [0.1, 0.15) is 38.2 Å². The molecule has 1 N–H and O–H groups in total. The van der Waals surface area contributed by atoms with Crippen molar-refractivity contribution in [3.05, 3.63) is 34.2 Å². The number of hydrogen-bond acceptors (Lipinski definition) is 6. The molecule has 1 fully saturated rings. The molecule has 26 heavy (non-hydrogen) atoms. The predicted molar refractivity (Wildman–Crippen MR) is 96.1 cm³/mol. The molecule has 2 heterocycles. The number of nitrogens with zero attached hydrogens (tertiary/aromatic N) is 1. The fourth-order valence-corrected chi connectivity index (χ4v) is 3.46. The maximum atomic E-state index is 12.6. The van der Waals surface area contributed by atoms with Crippen molar-refractivity contribution < 1.29 is 22.8 Å². The standard InChI is InChI=1S/C17H26N2O6S/c1-13-7-9-19(14(20)12-13)10-8-17(2,26(3,22)23)16(21)18-25-15-6-4-5-11-24-15/h7,9,12,15H,4-6,8,10-11H2,1-3H3,(H,18,21). The average Bonchev–Trinajstić information content (AvgIpc) is 2.58. The van der Waals surface area contributed by atoms with Crippen LogP contribution in [0.15, 0.2) is 23.1 Å². The van der Waals surface area contributed by atoms with Crippen molar-refractivity contribution in [2.24, 2.45) is 0 Å². The first kappa shape index (κ1) is 20.6. The van der Waals surface area contributed by atoms with Gasteiger partial charge in [0.05, 0.1) is 0 Å². The maximum Gasteiger partial charge on any atom is 0.264 e. The number of rotatable bonds is 7. The van der Waals surface area contributed by atoms with Crippen LogP contribution in [0.2, 0.25) is 0 Å². The van der Waals surface area contributed by atoms with E-state index in [2.05, 4.69) is 5.48 Å². The molecule has 1 aliphatic rings. The van der Waals surface area contributed by atoms with Gasteiger partial charge in [0.2, 0.25) is 0 Å². The number of ether oxygens (including phenoxy) is 1. The molecule has 1 aromatic rings. The van der Waals surface area contributed by atoms with E-state index in [9.17, 15) is 18.0 Å². The van der Waals surface area contributed by atoms with E-state index in [1.54, 1.807) is 19.2 Å². The Labute approximate surface area is 153 Å². The molecule has 9 heteroatoms. The summed E-state index contributed by atoms with van der Waals surface area (Å²) in [5.74, 6) is -0.769. The molecule has 0 radical (unpaired) electrons. The van der Waals surface area contributed by atoms with Crippen molar-refractivity contribution in [1.82, 2.24) is 10.0 Å². The summed E-state index contributed by atoms with van der Waals surface area (Å²) in [4.78, 5) is 29.8. The zero-order valence-electron chi connectivity index (χ0n) is 15.4. The van der Waals surface area contributed by atoms with Crippen molar-refractivity contribution >= 4 is 15.7 Å². The second-order valence-corrected chi connectivity index (χ2v) is 9.28. The first-order chi connectivity index (χ1) is 12.1. The van der Waals surface area contributed by atoms with Gasteiger partial charge in [-0.1, -0.05) is 0 Å². The van der Waals surface area contributed by atoms with Crippen molar-refractivity contribution in [2.45, 2.75) is 57.1 Å². The van der Waals surface area contributed by atoms with Gasteiger partial charge in [0, 0.05) is 38.1 Å². The molecule has 2 atom stereocenters. The van der Waals surface area contributed by atoms with Crippen LogP contribution in [0.3, 0.4) is 0 Å². The normalized spacial score (nSPS) is 20.3. The Morgan fingerprint density at radius 2 is 2.19 bits per heavy atom. The topological polar surface area (TPSA) is 104 Å². The zero-order chi connectivity index (χ0) is 19.4. The van der Waals surface area contributed by atoms with Crippen molar-refractivity contribution in [2.75, 3.05) is 12.9 Å². The summed E-state index contributed by atoms with van der Waals surface area (Å²) in [5.41, 5.74) is 2.80. The van der Waals surface area contributed by atoms with E-state index in [-0.39, 0.29) is 18.5 Å². The molecule has 8 nitrogen and oxygen atoms in total. The lowest BCUT2D eigenvalue weighted by Crippen LogP contribution is -2.51. The van der Waals surface area contributed by atoms with E-state index in [1.165, 1.54) is 17.6 Å². The number of amides is 1. The lowest BCUT2D eigenvalue weighted by Gasteiger charge is -2.28. The average molecular weight is 386 g/mol. The van der Waals surface area contributed by atoms with Gasteiger partial charge in [-0.2, -0.15) is 0 Å². The first-order valence-electron chi connectivity index (χ1n) is 8.58. The lowest BCUT2D eigenvalue weighted by molar-refractivity contribution is -0.201. The van der Waals surface area contributed by atoms with Crippen LogP contribution < -0.4 is 11.0 Å². The van der Waals surface area contributed by atoms with Gasteiger partial charge in [0.1, 0.15) is 0 Å². The quantitative estimate of drug-likeness (QED) is 0.699. The molecule has 2 rings (SSSR count). The van der Waals surface area contributed by atoms with Crippen LogP contribution >= 0.6 is 0 Å². The van der Waals surface area contributed by atoms with Gasteiger partial charge in [-0.3, -0.25) is 9.59 Å². The number of sulfone groups is 1. The molecule has 1 aliphatic heterocycles. The van der Waals surface area contributed by atoms with Crippen molar-refractivity contribution in [3.63, 3.8) is 0 Å². The highest BCUT2D eigenvalue weighted by atomic mass is 32.2. The van der Waals surface area contributed by atoms with Crippen molar-refractivity contribution in [3.8, 4) is 0 Å². The summed E-state index contributed by atoms with van der Waals surface area (Å²) < 4.78 is 29.5. The van der Waals surface area contributed by atoms with E-state index in [4.69, 9.17) is 9.57 Å². The second kappa shape index (κ2) is 8.32. The van der Waals surface area contributed by atoms with Crippen LogP contribution in [0.25, 0.3) is 0 Å². The number of nitrogens with one attached hydrogen (secondary N) is 1. The van der Waals surface area contributed by atoms with E-state index in [0.29, 0.717) is 13.0 Å². The molecule has 146 valence electrons. The van der Waals surface area contributed by atoms with Gasteiger partial charge < -0.3 is 9.30 Å². The number of aromatic nitrogens is 1. The minimum Gasteiger partial charge on any atom is -0.350 e. The highest BCUT2D eigenvalue weighted by molar-refractivity contribution is 7.92. The second-order valence-electron chi connectivity index (χ2n) is 6.83. The van der Waals surface area contributed by atoms with E-state index in [1.807, 2.05) is 0 Å². The summed E-state index contributed by atoms with van der Waals surface area (Å²) in [5, 5.41) is 0. The third kappa shape index (κ3) is 4.93. The highest BCUT2D eigenvalue weighted by Gasteiger charge is 2.43. The Morgan fingerprint density at radius 3 is 2.77 bits per heavy atom. The minimum absolute atomic E-state index is 0.0600. The van der Waals surface area contributed by atoms with Gasteiger partial charge in [0.25, 0.3) is 11.5 Å².